The van der Waals surface area contributed by atoms with E-state index >= 15 is 0 Å². The fraction of sp³-hybridized carbons (Fsp3) is 0.308. The first-order valence-electron chi connectivity index (χ1n) is 5.75. The molecule has 0 spiro atoms. The molecule has 0 amide bonds. The first-order valence-corrected chi connectivity index (χ1v) is 6.83. The van der Waals surface area contributed by atoms with Crippen molar-refractivity contribution in [1.82, 2.24) is 9.55 Å². The van der Waals surface area contributed by atoms with Crippen LogP contribution in [0.4, 0.5) is 11.6 Å². The van der Waals surface area contributed by atoms with Crippen LogP contribution in [-0.4, -0.2) is 23.6 Å². The van der Waals surface area contributed by atoms with Gasteiger partial charge in [-0.15, -0.1) is 0 Å². The maximum Gasteiger partial charge on any atom is 0.204 e. The lowest BCUT2D eigenvalue weighted by Gasteiger charge is -2.13. The molecule has 1 N–H and O–H groups in total. The first-order chi connectivity index (χ1) is 8.58. The van der Waals surface area contributed by atoms with Gasteiger partial charge >= 0.3 is 0 Å². The Morgan fingerprint density at radius 2 is 2.17 bits per heavy atom. The van der Waals surface area contributed by atoms with Gasteiger partial charge in [0, 0.05) is 30.4 Å². The van der Waals surface area contributed by atoms with Gasteiger partial charge in [-0.05, 0) is 40.8 Å². The minimum atomic E-state index is 0.775. The van der Waals surface area contributed by atoms with Gasteiger partial charge in [-0.2, -0.15) is 0 Å². The molecule has 0 atom stereocenters. The highest BCUT2D eigenvalue weighted by atomic mass is 127. The zero-order valence-electron chi connectivity index (χ0n) is 10.8. The smallest absolute Gasteiger partial charge is 0.204 e. The molecule has 18 heavy (non-hydrogen) atoms. The summed E-state index contributed by atoms with van der Waals surface area (Å²) in [5, 5.41) is 3.41. The maximum absolute atomic E-state index is 4.39. The number of nitrogens with zero attached hydrogens (tertiary/aromatic N) is 3. The van der Waals surface area contributed by atoms with E-state index in [1.165, 1.54) is 3.57 Å². The van der Waals surface area contributed by atoms with E-state index < -0.39 is 0 Å². The Balaban J connectivity index is 2.07. The summed E-state index contributed by atoms with van der Waals surface area (Å²) in [5.74, 6) is 0.967. The van der Waals surface area contributed by atoms with Gasteiger partial charge in [0.1, 0.15) is 0 Å². The summed E-state index contributed by atoms with van der Waals surface area (Å²) in [7, 11) is 6.03. The largest absolute Gasteiger partial charge is 0.379 e. The standard InChI is InChI=1S/C13H17IN4/c1-17(2)13-16-9-12(18(13)3)8-15-11-6-4-5-10(14)7-11/h4-7,9,15H,8H2,1-3H3. The van der Waals surface area contributed by atoms with Crippen LogP contribution in [-0.2, 0) is 13.6 Å². The van der Waals surface area contributed by atoms with Gasteiger partial charge in [-0.1, -0.05) is 6.07 Å². The van der Waals surface area contributed by atoms with E-state index in [1.807, 2.05) is 32.2 Å². The quantitative estimate of drug-likeness (QED) is 0.856. The summed E-state index contributed by atoms with van der Waals surface area (Å²) < 4.78 is 3.33. The number of rotatable bonds is 4. The molecule has 1 heterocycles. The van der Waals surface area contributed by atoms with E-state index in [2.05, 4.69) is 61.7 Å². The Hall–Kier alpha value is -1.24. The number of hydrogen-bond acceptors (Lipinski definition) is 3. The van der Waals surface area contributed by atoms with Crippen molar-refractivity contribution < 1.29 is 0 Å². The molecule has 0 aliphatic carbocycles. The van der Waals surface area contributed by atoms with Crippen LogP contribution in [0.5, 0.6) is 0 Å². The third kappa shape index (κ3) is 2.95. The predicted molar refractivity (Wildman–Crippen MR) is 84.0 cm³/mol. The normalized spacial score (nSPS) is 10.4. The highest BCUT2D eigenvalue weighted by Crippen LogP contribution is 2.15. The van der Waals surface area contributed by atoms with Crippen LogP contribution in [0.15, 0.2) is 30.5 Å². The van der Waals surface area contributed by atoms with Gasteiger partial charge in [0.25, 0.3) is 0 Å². The Kier molecular flexibility index (Phi) is 4.11. The van der Waals surface area contributed by atoms with Crippen LogP contribution in [0.2, 0.25) is 0 Å². The van der Waals surface area contributed by atoms with Crippen molar-refractivity contribution in [1.29, 1.82) is 0 Å². The SMILES string of the molecule is CN(C)c1ncc(CNc2cccc(I)c2)n1C. The van der Waals surface area contributed by atoms with Crippen LogP contribution in [0, 0.1) is 3.57 Å². The van der Waals surface area contributed by atoms with E-state index in [1.54, 1.807) is 0 Å². The molecule has 4 nitrogen and oxygen atoms in total. The fourth-order valence-electron chi connectivity index (χ4n) is 1.80. The lowest BCUT2D eigenvalue weighted by atomic mass is 10.3. The molecule has 1 aromatic carbocycles. The van der Waals surface area contributed by atoms with Gasteiger partial charge in [-0.25, -0.2) is 4.98 Å². The molecule has 2 aromatic rings. The van der Waals surface area contributed by atoms with Gasteiger partial charge in [0.15, 0.2) is 0 Å². The molecule has 0 aliphatic rings. The van der Waals surface area contributed by atoms with Crippen LogP contribution in [0.25, 0.3) is 0 Å². The number of nitrogens with one attached hydrogen (secondary N) is 1. The molecule has 0 saturated heterocycles. The van der Waals surface area contributed by atoms with Gasteiger partial charge in [-0.3, -0.25) is 0 Å². The third-order valence-corrected chi connectivity index (χ3v) is 3.43. The molecule has 0 radical (unpaired) electrons. The summed E-state index contributed by atoms with van der Waals surface area (Å²) in [6, 6.07) is 8.34. The molecule has 0 aliphatic heterocycles. The number of hydrogen-bond donors (Lipinski definition) is 1. The molecule has 2 rings (SSSR count). The number of aromatic nitrogens is 2. The van der Waals surface area contributed by atoms with Crippen molar-refractivity contribution in [3.05, 3.63) is 39.7 Å². The van der Waals surface area contributed by atoms with E-state index in [0.29, 0.717) is 0 Å². The Labute approximate surface area is 121 Å². The second-order valence-electron chi connectivity index (χ2n) is 4.37. The van der Waals surface area contributed by atoms with Crippen molar-refractivity contribution in [2.24, 2.45) is 7.05 Å². The van der Waals surface area contributed by atoms with Gasteiger partial charge < -0.3 is 14.8 Å². The van der Waals surface area contributed by atoms with Crippen molar-refractivity contribution in [3.63, 3.8) is 0 Å². The molecule has 0 saturated carbocycles. The topological polar surface area (TPSA) is 33.1 Å². The number of benzene rings is 1. The second kappa shape index (κ2) is 5.60. The third-order valence-electron chi connectivity index (χ3n) is 2.76. The second-order valence-corrected chi connectivity index (χ2v) is 5.61. The predicted octanol–water partition coefficient (Wildman–Crippen LogP) is 2.70. The summed E-state index contributed by atoms with van der Waals surface area (Å²) in [5.41, 5.74) is 2.30. The minimum Gasteiger partial charge on any atom is -0.379 e. The van der Waals surface area contributed by atoms with Crippen molar-refractivity contribution >= 4 is 34.2 Å². The summed E-state index contributed by atoms with van der Waals surface area (Å²) in [6.07, 6.45) is 1.91. The molecule has 5 heteroatoms. The minimum absolute atomic E-state index is 0.775. The van der Waals surface area contributed by atoms with Crippen molar-refractivity contribution in [3.8, 4) is 0 Å². The molecule has 0 bridgehead atoms. The van der Waals surface area contributed by atoms with E-state index in [4.69, 9.17) is 0 Å². The van der Waals surface area contributed by atoms with Gasteiger partial charge in [0.2, 0.25) is 5.95 Å². The van der Waals surface area contributed by atoms with Crippen molar-refractivity contribution in [2.75, 3.05) is 24.3 Å². The molecular weight excluding hydrogens is 339 g/mol. The van der Waals surface area contributed by atoms with E-state index in [-0.39, 0.29) is 0 Å². The van der Waals surface area contributed by atoms with Crippen LogP contribution >= 0.6 is 22.6 Å². The molecule has 0 fully saturated rings. The lowest BCUT2D eigenvalue weighted by Crippen LogP contribution is -2.15. The zero-order chi connectivity index (χ0) is 13.1. The molecule has 0 unspecified atom stereocenters. The molecule has 96 valence electrons. The summed E-state index contributed by atoms with van der Waals surface area (Å²) in [4.78, 5) is 6.40. The van der Waals surface area contributed by atoms with E-state index in [9.17, 15) is 0 Å². The van der Waals surface area contributed by atoms with E-state index in [0.717, 1.165) is 23.9 Å². The monoisotopic (exact) mass is 356 g/mol. The van der Waals surface area contributed by atoms with Crippen LogP contribution in [0.3, 0.4) is 0 Å². The molecular formula is C13H17IN4. The average Bonchev–Trinajstić information content (AvgIpc) is 2.68. The number of anilines is 2. The Morgan fingerprint density at radius 3 is 2.78 bits per heavy atom. The fourth-order valence-corrected chi connectivity index (χ4v) is 2.35. The number of imidazole rings is 1. The number of halogens is 1. The zero-order valence-corrected chi connectivity index (χ0v) is 13.0. The molecule has 1 aromatic heterocycles. The Morgan fingerprint density at radius 1 is 1.39 bits per heavy atom. The summed E-state index contributed by atoms with van der Waals surface area (Å²) in [6.45, 7) is 0.775. The first kappa shape index (κ1) is 13.2. The van der Waals surface area contributed by atoms with Crippen molar-refractivity contribution in [2.45, 2.75) is 6.54 Å². The van der Waals surface area contributed by atoms with Crippen LogP contribution in [0.1, 0.15) is 5.69 Å². The van der Waals surface area contributed by atoms with Crippen LogP contribution < -0.4 is 10.2 Å². The highest BCUT2D eigenvalue weighted by Gasteiger charge is 2.07. The Bertz CT molecular complexity index is 534. The average molecular weight is 356 g/mol. The summed E-state index contributed by atoms with van der Waals surface area (Å²) >= 11 is 2.32. The highest BCUT2D eigenvalue weighted by molar-refractivity contribution is 14.1. The lowest BCUT2D eigenvalue weighted by molar-refractivity contribution is 0.814. The maximum atomic E-state index is 4.39. The van der Waals surface area contributed by atoms with Gasteiger partial charge in [0.05, 0.1) is 18.4 Å².